The highest BCUT2D eigenvalue weighted by Crippen LogP contribution is 2.14. The lowest BCUT2D eigenvalue weighted by molar-refractivity contribution is -0.142. The van der Waals surface area contributed by atoms with E-state index in [4.69, 9.17) is 10.8 Å². The van der Waals surface area contributed by atoms with Crippen molar-refractivity contribution in [3.8, 4) is 0 Å². The molecule has 0 aliphatic rings. The molecule has 0 aliphatic carbocycles. The van der Waals surface area contributed by atoms with Gasteiger partial charge in [-0.25, -0.2) is 0 Å². The van der Waals surface area contributed by atoms with Gasteiger partial charge in [0.05, 0.1) is 0 Å². The van der Waals surface area contributed by atoms with E-state index in [0.717, 1.165) is 24.5 Å². The molecule has 0 rings (SSSR count). The normalized spacial score (nSPS) is 15.3. The summed E-state index contributed by atoms with van der Waals surface area (Å²) in [6.07, 6.45) is 2.51. The molecule has 0 radical (unpaired) electrons. The van der Waals surface area contributed by atoms with Gasteiger partial charge in [0, 0.05) is 0 Å². The topological polar surface area (TPSA) is 63.3 Å². The van der Waals surface area contributed by atoms with Crippen molar-refractivity contribution in [3.63, 3.8) is 0 Å². The van der Waals surface area contributed by atoms with E-state index in [1.807, 2.05) is 11.8 Å². The molecule has 0 fully saturated rings. The molecule has 1 unspecified atom stereocenters. The minimum atomic E-state index is -1.05. The average molecular weight is 233 g/mol. The quantitative estimate of drug-likeness (QED) is 0.632. The van der Waals surface area contributed by atoms with Crippen molar-refractivity contribution in [2.75, 3.05) is 11.5 Å². The fourth-order valence-corrected chi connectivity index (χ4v) is 2.17. The van der Waals surface area contributed by atoms with E-state index in [1.165, 1.54) is 5.75 Å². The summed E-state index contributed by atoms with van der Waals surface area (Å²) in [7, 11) is 0. The highest BCUT2D eigenvalue weighted by Gasteiger charge is 2.26. The van der Waals surface area contributed by atoms with E-state index < -0.39 is 11.5 Å². The Morgan fingerprint density at radius 3 is 2.53 bits per heavy atom. The molecule has 0 spiro atoms. The number of aliphatic carboxylic acids is 1. The summed E-state index contributed by atoms with van der Waals surface area (Å²) < 4.78 is 0. The maximum absolute atomic E-state index is 10.7. The third kappa shape index (κ3) is 7.68. The van der Waals surface area contributed by atoms with Crippen LogP contribution < -0.4 is 5.73 Å². The maximum Gasteiger partial charge on any atom is 0.323 e. The van der Waals surface area contributed by atoms with E-state index in [2.05, 4.69) is 13.8 Å². The van der Waals surface area contributed by atoms with Gasteiger partial charge in [-0.05, 0) is 37.2 Å². The second-order valence-corrected chi connectivity index (χ2v) is 5.80. The van der Waals surface area contributed by atoms with Gasteiger partial charge in [0.15, 0.2) is 0 Å². The molecule has 0 aromatic rings. The van der Waals surface area contributed by atoms with Crippen molar-refractivity contribution >= 4 is 17.7 Å². The van der Waals surface area contributed by atoms with Gasteiger partial charge in [-0.3, -0.25) is 4.79 Å². The number of hydrogen-bond acceptors (Lipinski definition) is 3. The Bertz CT molecular complexity index is 193. The van der Waals surface area contributed by atoms with E-state index in [0.29, 0.717) is 6.42 Å². The zero-order chi connectivity index (χ0) is 11.9. The minimum Gasteiger partial charge on any atom is -0.480 e. The maximum atomic E-state index is 10.7. The number of carboxylic acid groups (broad SMARTS) is 1. The largest absolute Gasteiger partial charge is 0.480 e. The molecule has 3 nitrogen and oxygen atoms in total. The fraction of sp³-hybridized carbons (Fsp3) is 0.909. The molecule has 0 amide bonds. The van der Waals surface area contributed by atoms with Crippen molar-refractivity contribution in [3.05, 3.63) is 0 Å². The van der Waals surface area contributed by atoms with Crippen LogP contribution in [0.25, 0.3) is 0 Å². The van der Waals surface area contributed by atoms with Crippen LogP contribution in [0.1, 0.15) is 40.0 Å². The smallest absolute Gasteiger partial charge is 0.323 e. The van der Waals surface area contributed by atoms with Crippen molar-refractivity contribution in [1.29, 1.82) is 0 Å². The first kappa shape index (κ1) is 14.8. The van der Waals surface area contributed by atoms with Crippen LogP contribution in [0, 0.1) is 5.92 Å². The molecular weight excluding hydrogens is 210 g/mol. The molecule has 0 aromatic heterocycles. The Morgan fingerprint density at radius 2 is 2.07 bits per heavy atom. The summed E-state index contributed by atoms with van der Waals surface area (Å²) in [5.74, 6) is 2.11. The SMILES string of the molecule is CC(C)CSCCCCC(C)(N)C(=O)O. The second-order valence-electron chi connectivity index (χ2n) is 4.65. The lowest BCUT2D eigenvalue weighted by Gasteiger charge is -2.18. The van der Waals surface area contributed by atoms with Crippen LogP contribution in [0.2, 0.25) is 0 Å². The van der Waals surface area contributed by atoms with Crippen LogP contribution in [-0.2, 0) is 4.79 Å². The summed E-state index contributed by atoms with van der Waals surface area (Å²) in [6.45, 7) is 5.99. The number of hydrogen-bond donors (Lipinski definition) is 2. The fourth-order valence-electron chi connectivity index (χ4n) is 1.12. The van der Waals surface area contributed by atoms with Gasteiger partial charge in [-0.1, -0.05) is 20.3 Å². The third-order valence-corrected chi connectivity index (χ3v) is 3.65. The van der Waals surface area contributed by atoms with Crippen LogP contribution in [0.4, 0.5) is 0 Å². The molecule has 15 heavy (non-hydrogen) atoms. The summed E-state index contributed by atoms with van der Waals surface area (Å²) in [4.78, 5) is 10.7. The third-order valence-electron chi connectivity index (χ3n) is 2.17. The Balaban J connectivity index is 3.43. The molecule has 1 atom stereocenters. The highest BCUT2D eigenvalue weighted by molar-refractivity contribution is 7.99. The first-order chi connectivity index (χ1) is 6.86. The summed E-state index contributed by atoms with van der Waals surface area (Å²) in [5.41, 5.74) is 4.56. The van der Waals surface area contributed by atoms with E-state index in [9.17, 15) is 4.79 Å². The summed E-state index contributed by atoms with van der Waals surface area (Å²) >= 11 is 1.93. The molecular formula is C11H23NO2S. The molecule has 0 saturated heterocycles. The molecule has 0 heterocycles. The van der Waals surface area contributed by atoms with E-state index in [1.54, 1.807) is 6.92 Å². The average Bonchev–Trinajstić information content (AvgIpc) is 2.10. The Hall–Kier alpha value is -0.220. The first-order valence-corrected chi connectivity index (χ1v) is 6.61. The molecule has 0 aliphatic heterocycles. The lowest BCUT2D eigenvalue weighted by atomic mass is 9.97. The lowest BCUT2D eigenvalue weighted by Crippen LogP contribution is -2.44. The second kappa shape index (κ2) is 7.12. The van der Waals surface area contributed by atoms with Crippen LogP contribution in [-0.4, -0.2) is 28.1 Å². The predicted octanol–water partition coefficient (Wildman–Crippen LogP) is 2.35. The zero-order valence-corrected chi connectivity index (χ0v) is 10.8. The van der Waals surface area contributed by atoms with Gasteiger partial charge in [-0.15, -0.1) is 0 Å². The van der Waals surface area contributed by atoms with Crippen LogP contribution in [0.15, 0.2) is 0 Å². The minimum absolute atomic E-state index is 0.560. The Kier molecular flexibility index (Phi) is 7.02. The van der Waals surface area contributed by atoms with Crippen LogP contribution in [0.3, 0.4) is 0 Å². The van der Waals surface area contributed by atoms with Gasteiger partial charge in [0.1, 0.15) is 5.54 Å². The van der Waals surface area contributed by atoms with Gasteiger partial charge < -0.3 is 10.8 Å². The number of nitrogens with two attached hydrogens (primary N) is 1. The molecule has 90 valence electrons. The van der Waals surface area contributed by atoms with E-state index >= 15 is 0 Å². The first-order valence-electron chi connectivity index (χ1n) is 5.46. The molecule has 3 N–H and O–H groups in total. The van der Waals surface area contributed by atoms with Gasteiger partial charge in [0.2, 0.25) is 0 Å². The van der Waals surface area contributed by atoms with Gasteiger partial charge >= 0.3 is 5.97 Å². The van der Waals surface area contributed by atoms with Crippen molar-refractivity contribution < 1.29 is 9.90 Å². The Morgan fingerprint density at radius 1 is 1.47 bits per heavy atom. The monoisotopic (exact) mass is 233 g/mol. The Labute approximate surface area is 96.8 Å². The van der Waals surface area contributed by atoms with Crippen molar-refractivity contribution in [2.24, 2.45) is 11.7 Å². The summed E-state index contributed by atoms with van der Waals surface area (Å²) in [6, 6.07) is 0. The molecule has 0 bridgehead atoms. The van der Waals surface area contributed by atoms with Gasteiger partial charge in [0.25, 0.3) is 0 Å². The van der Waals surface area contributed by atoms with Crippen molar-refractivity contribution in [2.45, 2.75) is 45.6 Å². The standard InChI is InChI=1S/C11H23NO2S/c1-9(2)8-15-7-5-4-6-11(3,12)10(13)14/h9H,4-8,12H2,1-3H3,(H,13,14). The summed E-state index contributed by atoms with van der Waals surface area (Å²) in [5, 5.41) is 8.79. The number of carbonyl (C=O) groups is 1. The predicted molar refractivity (Wildman–Crippen MR) is 66.2 cm³/mol. The number of rotatable bonds is 8. The molecule has 0 saturated carbocycles. The van der Waals surface area contributed by atoms with Crippen LogP contribution in [0.5, 0.6) is 0 Å². The van der Waals surface area contributed by atoms with Crippen LogP contribution >= 0.6 is 11.8 Å². The number of thioether (sulfide) groups is 1. The number of carboxylic acids is 1. The molecule has 4 heteroatoms. The zero-order valence-electron chi connectivity index (χ0n) is 9.95. The van der Waals surface area contributed by atoms with E-state index in [-0.39, 0.29) is 0 Å². The molecule has 0 aromatic carbocycles. The van der Waals surface area contributed by atoms with Gasteiger partial charge in [-0.2, -0.15) is 11.8 Å². The highest BCUT2D eigenvalue weighted by atomic mass is 32.2. The number of unbranched alkanes of at least 4 members (excludes halogenated alkanes) is 1. The van der Waals surface area contributed by atoms with Crippen molar-refractivity contribution in [1.82, 2.24) is 0 Å².